The molecule has 3 N–H and O–H groups in total. The zero-order valence-electron chi connectivity index (χ0n) is 9.66. The van der Waals surface area contributed by atoms with Gasteiger partial charge in [-0.1, -0.05) is 0 Å². The summed E-state index contributed by atoms with van der Waals surface area (Å²) in [6, 6.07) is 1.17. The molecule has 1 rings (SSSR count). The number of aliphatic carboxylic acids is 1. The van der Waals surface area contributed by atoms with Crippen LogP contribution in [0.3, 0.4) is 0 Å². The minimum absolute atomic E-state index is 0.0683. The minimum Gasteiger partial charge on any atom is -0.480 e. The smallest absolute Gasteiger partial charge is 0.326 e. The van der Waals surface area contributed by atoms with E-state index in [-0.39, 0.29) is 24.3 Å². The van der Waals surface area contributed by atoms with Crippen LogP contribution < -0.4 is 10.9 Å². The van der Waals surface area contributed by atoms with Crippen molar-refractivity contribution in [2.24, 2.45) is 7.05 Å². The Hall–Kier alpha value is -2.22. The Morgan fingerprint density at radius 2 is 2.17 bits per heavy atom. The average Bonchev–Trinajstić information content (AvgIpc) is 2.31. The van der Waals surface area contributed by atoms with Crippen LogP contribution in [0.1, 0.15) is 16.9 Å². The number of rotatable bonds is 5. The van der Waals surface area contributed by atoms with Gasteiger partial charge in [0.2, 0.25) is 0 Å². The number of carboxylic acid groups (broad SMARTS) is 1. The van der Waals surface area contributed by atoms with Gasteiger partial charge < -0.3 is 15.5 Å². The largest absolute Gasteiger partial charge is 0.480 e. The number of carbonyl (C=O) groups is 2. The Kier molecular flexibility index (Phi) is 4.55. The predicted octanol–water partition coefficient (Wildman–Crippen LogP) is -1.65. The first kappa shape index (κ1) is 13.8. The molecule has 1 atom stereocenters. The quantitative estimate of drug-likeness (QED) is 0.579. The van der Waals surface area contributed by atoms with E-state index in [2.05, 4.69) is 10.4 Å². The Bertz CT molecular complexity index is 510. The van der Waals surface area contributed by atoms with Gasteiger partial charge in [0.15, 0.2) is 0 Å². The van der Waals surface area contributed by atoms with Crippen LogP contribution in [0.15, 0.2) is 16.9 Å². The summed E-state index contributed by atoms with van der Waals surface area (Å²) in [6.45, 7) is -0.363. The summed E-state index contributed by atoms with van der Waals surface area (Å²) in [4.78, 5) is 33.5. The molecule has 0 unspecified atom stereocenters. The molecule has 8 nitrogen and oxygen atoms in total. The highest BCUT2D eigenvalue weighted by Gasteiger charge is 2.20. The molecule has 0 spiro atoms. The molecule has 0 saturated carbocycles. The lowest BCUT2D eigenvalue weighted by Crippen LogP contribution is -2.42. The van der Waals surface area contributed by atoms with Crippen molar-refractivity contribution < 1.29 is 19.8 Å². The number of carbonyl (C=O) groups excluding carboxylic acids is 1. The number of nitrogens with zero attached hydrogens (tertiary/aromatic N) is 2. The van der Waals surface area contributed by atoms with Crippen LogP contribution in [-0.4, -0.2) is 44.5 Å². The first-order valence-corrected chi connectivity index (χ1v) is 5.14. The zero-order chi connectivity index (χ0) is 13.7. The third-order valence-electron chi connectivity index (χ3n) is 2.21. The maximum absolute atomic E-state index is 11.7. The van der Waals surface area contributed by atoms with Gasteiger partial charge >= 0.3 is 5.97 Å². The number of hydrogen-bond donors (Lipinski definition) is 3. The molecule has 1 aromatic heterocycles. The highest BCUT2D eigenvalue weighted by atomic mass is 16.4. The highest BCUT2D eigenvalue weighted by Crippen LogP contribution is 1.96. The molecule has 0 radical (unpaired) electrons. The van der Waals surface area contributed by atoms with Crippen molar-refractivity contribution in [2.75, 3.05) is 6.61 Å². The van der Waals surface area contributed by atoms with Crippen molar-refractivity contribution in [3.63, 3.8) is 0 Å². The van der Waals surface area contributed by atoms with Crippen LogP contribution in [0.2, 0.25) is 0 Å². The van der Waals surface area contributed by atoms with E-state index in [9.17, 15) is 14.4 Å². The molecule has 0 aliphatic heterocycles. The molecule has 1 heterocycles. The first-order chi connectivity index (χ1) is 8.45. The number of hydrogen-bond acceptors (Lipinski definition) is 5. The van der Waals surface area contributed by atoms with E-state index in [1.54, 1.807) is 0 Å². The van der Waals surface area contributed by atoms with Gasteiger partial charge in [0.25, 0.3) is 11.5 Å². The van der Waals surface area contributed by atoms with E-state index >= 15 is 0 Å². The van der Waals surface area contributed by atoms with Crippen molar-refractivity contribution in [3.05, 3.63) is 28.2 Å². The molecule has 0 aliphatic rings. The SMILES string of the molecule is Cn1nc(C(=O)N[C@@H](CCO)C(=O)O)ccc1=O. The molecule has 0 saturated heterocycles. The summed E-state index contributed by atoms with van der Waals surface area (Å²) in [7, 11) is 1.38. The second-order valence-electron chi connectivity index (χ2n) is 3.56. The van der Waals surface area contributed by atoms with E-state index in [4.69, 9.17) is 10.2 Å². The Balaban J connectivity index is 2.83. The first-order valence-electron chi connectivity index (χ1n) is 5.14. The van der Waals surface area contributed by atoms with Crippen molar-refractivity contribution in [1.82, 2.24) is 15.1 Å². The van der Waals surface area contributed by atoms with Crippen molar-refractivity contribution in [1.29, 1.82) is 0 Å². The van der Waals surface area contributed by atoms with Crippen LogP contribution in [0.5, 0.6) is 0 Å². The molecule has 98 valence electrons. The lowest BCUT2D eigenvalue weighted by Gasteiger charge is -2.12. The topological polar surface area (TPSA) is 122 Å². The normalized spacial score (nSPS) is 11.9. The molecular weight excluding hydrogens is 242 g/mol. The standard InChI is InChI=1S/C10H13N3O5/c1-13-8(15)3-2-6(12-13)9(16)11-7(4-5-14)10(17)18/h2-3,7,14H,4-5H2,1H3,(H,11,16)(H,17,18)/t7-/m0/s1. The van der Waals surface area contributed by atoms with Crippen molar-refractivity contribution in [2.45, 2.75) is 12.5 Å². The summed E-state index contributed by atoms with van der Waals surface area (Å²) >= 11 is 0. The number of amides is 1. The maximum Gasteiger partial charge on any atom is 0.326 e. The van der Waals surface area contributed by atoms with Gasteiger partial charge in [0.05, 0.1) is 0 Å². The fraction of sp³-hybridized carbons (Fsp3) is 0.400. The predicted molar refractivity (Wildman–Crippen MR) is 60.1 cm³/mol. The molecular formula is C10H13N3O5. The maximum atomic E-state index is 11.7. The van der Waals surface area contributed by atoms with Crippen LogP contribution in [0.4, 0.5) is 0 Å². The van der Waals surface area contributed by atoms with Gasteiger partial charge in [-0.05, 0) is 6.07 Å². The fourth-order valence-electron chi connectivity index (χ4n) is 1.24. The number of aliphatic hydroxyl groups is 1. The number of aromatic nitrogens is 2. The summed E-state index contributed by atoms with van der Waals surface area (Å²) in [5.74, 6) is -1.96. The van der Waals surface area contributed by atoms with Gasteiger partial charge in [0.1, 0.15) is 11.7 Å². The third-order valence-corrected chi connectivity index (χ3v) is 2.21. The van der Waals surface area contributed by atoms with Crippen LogP contribution >= 0.6 is 0 Å². The summed E-state index contributed by atoms with van der Waals surface area (Å²) < 4.78 is 0.969. The molecule has 0 bridgehead atoms. The number of aliphatic hydroxyl groups excluding tert-OH is 1. The zero-order valence-corrected chi connectivity index (χ0v) is 9.66. The van der Waals surface area contributed by atoms with E-state index in [0.29, 0.717) is 0 Å². The Morgan fingerprint density at radius 3 is 2.67 bits per heavy atom. The molecule has 1 amide bonds. The molecule has 8 heteroatoms. The molecule has 0 aromatic carbocycles. The summed E-state index contributed by atoms with van der Waals surface area (Å²) in [6.07, 6.45) is -0.104. The monoisotopic (exact) mass is 255 g/mol. The van der Waals surface area contributed by atoms with E-state index in [1.165, 1.54) is 13.1 Å². The number of carboxylic acids is 1. The Morgan fingerprint density at radius 1 is 1.50 bits per heavy atom. The Labute approximate surface area is 102 Å². The van der Waals surface area contributed by atoms with Crippen LogP contribution in [-0.2, 0) is 11.8 Å². The molecule has 18 heavy (non-hydrogen) atoms. The van der Waals surface area contributed by atoms with Gasteiger partial charge in [0, 0.05) is 26.1 Å². The third kappa shape index (κ3) is 3.39. The average molecular weight is 255 g/mol. The van der Waals surface area contributed by atoms with E-state index in [1.807, 2.05) is 0 Å². The fourth-order valence-corrected chi connectivity index (χ4v) is 1.24. The van der Waals surface area contributed by atoms with Crippen molar-refractivity contribution in [3.8, 4) is 0 Å². The van der Waals surface area contributed by atoms with Gasteiger partial charge in [-0.25, -0.2) is 9.48 Å². The summed E-state index contributed by atoms with van der Waals surface area (Å²) in [5.41, 5.74) is -0.446. The van der Waals surface area contributed by atoms with Gasteiger partial charge in [-0.3, -0.25) is 9.59 Å². The van der Waals surface area contributed by atoms with Gasteiger partial charge in [-0.15, -0.1) is 0 Å². The molecule has 1 aromatic rings. The second-order valence-corrected chi connectivity index (χ2v) is 3.56. The van der Waals surface area contributed by atoms with E-state index < -0.39 is 17.9 Å². The number of nitrogens with one attached hydrogen (secondary N) is 1. The van der Waals surface area contributed by atoms with Crippen LogP contribution in [0, 0.1) is 0 Å². The van der Waals surface area contributed by atoms with E-state index in [0.717, 1.165) is 10.7 Å². The minimum atomic E-state index is -1.25. The lowest BCUT2D eigenvalue weighted by atomic mass is 10.2. The lowest BCUT2D eigenvalue weighted by molar-refractivity contribution is -0.139. The van der Waals surface area contributed by atoms with Crippen LogP contribution in [0.25, 0.3) is 0 Å². The summed E-state index contributed by atoms with van der Waals surface area (Å²) in [5, 5.41) is 23.4. The van der Waals surface area contributed by atoms with Crippen molar-refractivity contribution >= 4 is 11.9 Å². The second kappa shape index (κ2) is 5.92. The highest BCUT2D eigenvalue weighted by molar-refractivity contribution is 5.94. The number of aryl methyl sites for hydroxylation is 1. The molecule has 0 aliphatic carbocycles. The molecule has 0 fully saturated rings. The van der Waals surface area contributed by atoms with Gasteiger partial charge in [-0.2, -0.15) is 5.10 Å².